The zero-order valence-corrected chi connectivity index (χ0v) is 8.90. The average Bonchev–Trinajstić information content (AvgIpc) is 2.47. The predicted octanol–water partition coefficient (Wildman–Crippen LogP) is 0.750. The molecule has 0 saturated carbocycles. The molecule has 0 spiro atoms. The van der Waals surface area contributed by atoms with Gasteiger partial charge in [-0.05, 0) is 18.8 Å². The summed E-state index contributed by atoms with van der Waals surface area (Å²) < 4.78 is 2.05. The van der Waals surface area contributed by atoms with Gasteiger partial charge in [-0.15, -0.1) is 5.10 Å². The molecule has 4 nitrogen and oxygen atoms in total. The molecule has 2 rings (SSSR count). The van der Waals surface area contributed by atoms with E-state index in [1.54, 1.807) is 0 Å². The summed E-state index contributed by atoms with van der Waals surface area (Å²) in [6, 6.07) is 0.284. The van der Waals surface area contributed by atoms with Crippen LogP contribution >= 0.6 is 0 Å². The lowest BCUT2D eigenvalue weighted by Crippen LogP contribution is -2.28. The van der Waals surface area contributed by atoms with Crippen molar-refractivity contribution >= 4 is 0 Å². The first kappa shape index (κ1) is 9.65. The largest absolute Gasteiger partial charge is 0.327 e. The summed E-state index contributed by atoms with van der Waals surface area (Å²) in [5.74, 6) is 0.622. The van der Waals surface area contributed by atoms with Gasteiger partial charge < -0.3 is 5.73 Å². The number of nitrogens with zero attached hydrogens (tertiary/aromatic N) is 3. The Bertz CT molecular complexity index is 316. The van der Waals surface area contributed by atoms with Crippen molar-refractivity contribution in [2.75, 3.05) is 0 Å². The third-order valence-corrected chi connectivity index (χ3v) is 2.66. The van der Waals surface area contributed by atoms with Gasteiger partial charge in [-0.2, -0.15) is 0 Å². The standard InChI is InChI=1S/C10H18N4/c1-7(2)6-14-10-4-3-8(11)5-9(10)12-13-14/h7-8H,3-6,11H2,1-2H3. The van der Waals surface area contributed by atoms with Crippen molar-refractivity contribution in [2.24, 2.45) is 11.7 Å². The van der Waals surface area contributed by atoms with Gasteiger partial charge in [0.15, 0.2) is 0 Å². The lowest BCUT2D eigenvalue weighted by Gasteiger charge is -2.18. The molecule has 1 aromatic rings. The molecule has 78 valence electrons. The van der Waals surface area contributed by atoms with Crippen molar-refractivity contribution < 1.29 is 0 Å². The first-order valence-corrected chi connectivity index (χ1v) is 5.33. The number of hydrogen-bond acceptors (Lipinski definition) is 3. The van der Waals surface area contributed by atoms with E-state index in [-0.39, 0.29) is 6.04 Å². The molecule has 0 fully saturated rings. The van der Waals surface area contributed by atoms with Gasteiger partial charge in [0.1, 0.15) is 0 Å². The van der Waals surface area contributed by atoms with E-state index < -0.39 is 0 Å². The van der Waals surface area contributed by atoms with Crippen LogP contribution in [0, 0.1) is 5.92 Å². The maximum absolute atomic E-state index is 5.88. The highest BCUT2D eigenvalue weighted by atomic mass is 15.4. The molecule has 0 radical (unpaired) electrons. The van der Waals surface area contributed by atoms with E-state index in [9.17, 15) is 0 Å². The topological polar surface area (TPSA) is 56.7 Å². The molecular weight excluding hydrogens is 176 g/mol. The molecule has 1 atom stereocenters. The van der Waals surface area contributed by atoms with Gasteiger partial charge in [0.2, 0.25) is 0 Å². The maximum atomic E-state index is 5.88. The molecule has 0 aliphatic heterocycles. The van der Waals surface area contributed by atoms with Crippen LogP contribution in [-0.4, -0.2) is 21.0 Å². The van der Waals surface area contributed by atoms with Gasteiger partial charge in [-0.1, -0.05) is 19.1 Å². The number of aromatic nitrogens is 3. The van der Waals surface area contributed by atoms with Crippen LogP contribution in [0.2, 0.25) is 0 Å². The number of fused-ring (bicyclic) bond motifs is 1. The van der Waals surface area contributed by atoms with E-state index in [1.165, 1.54) is 5.69 Å². The Morgan fingerprint density at radius 3 is 3.07 bits per heavy atom. The van der Waals surface area contributed by atoms with Crippen LogP contribution in [-0.2, 0) is 19.4 Å². The summed E-state index contributed by atoms with van der Waals surface area (Å²) in [5.41, 5.74) is 8.30. The van der Waals surface area contributed by atoms with Crippen molar-refractivity contribution in [1.29, 1.82) is 0 Å². The Morgan fingerprint density at radius 1 is 1.57 bits per heavy atom. The Balaban J connectivity index is 2.20. The van der Waals surface area contributed by atoms with Crippen molar-refractivity contribution in [3.05, 3.63) is 11.4 Å². The van der Waals surface area contributed by atoms with Crippen LogP contribution in [0.4, 0.5) is 0 Å². The van der Waals surface area contributed by atoms with Crippen molar-refractivity contribution in [2.45, 2.75) is 45.7 Å². The van der Waals surface area contributed by atoms with Gasteiger partial charge in [-0.3, -0.25) is 0 Å². The Morgan fingerprint density at radius 2 is 2.36 bits per heavy atom. The molecule has 0 aromatic carbocycles. The second-order valence-electron chi connectivity index (χ2n) is 4.56. The number of nitrogens with two attached hydrogens (primary N) is 1. The van der Waals surface area contributed by atoms with Crippen molar-refractivity contribution in [3.8, 4) is 0 Å². The fourth-order valence-electron chi connectivity index (χ4n) is 1.97. The zero-order chi connectivity index (χ0) is 10.1. The highest BCUT2D eigenvalue weighted by Gasteiger charge is 2.21. The smallest absolute Gasteiger partial charge is 0.0874 e. The van der Waals surface area contributed by atoms with E-state index in [2.05, 4.69) is 24.2 Å². The molecule has 2 N–H and O–H groups in total. The summed E-state index contributed by atoms with van der Waals surface area (Å²) in [4.78, 5) is 0. The Hall–Kier alpha value is -0.900. The second-order valence-corrected chi connectivity index (χ2v) is 4.56. The van der Waals surface area contributed by atoms with Crippen LogP contribution in [0.15, 0.2) is 0 Å². The molecule has 0 amide bonds. The van der Waals surface area contributed by atoms with Gasteiger partial charge in [0.25, 0.3) is 0 Å². The molecule has 1 heterocycles. The third kappa shape index (κ3) is 1.80. The molecule has 1 aliphatic rings. The molecule has 1 aliphatic carbocycles. The minimum absolute atomic E-state index is 0.284. The van der Waals surface area contributed by atoms with Gasteiger partial charge in [0, 0.05) is 19.0 Å². The van der Waals surface area contributed by atoms with Crippen LogP contribution in [0.5, 0.6) is 0 Å². The van der Waals surface area contributed by atoms with E-state index in [1.807, 2.05) is 4.68 Å². The van der Waals surface area contributed by atoms with E-state index in [0.717, 1.165) is 31.5 Å². The SMILES string of the molecule is CC(C)Cn1nnc2c1CCC(N)C2. The fourth-order valence-corrected chi connectivity index (χ4v) is 1.97. The lowest BCUT2D eigenvalue weighted by molar-refractivity contribution is 0.449. The Labute approximate surface area is 84.5 Å². The lowest BCUT2D eigenvalue weighted by atomic mass is 9.96. The third-order valence-electron chi connectivity index (χ3n) is 2.66. The highest BCUT2D eigenvalue weighted by molar-refractivity contribution is 5.15. The second kappa shape index (κ2) is 3.69. The van der Waals surface area contributed by atoms with Gasteiger partial charge >= 0.3 is 0 Å². The van der Waals surface area contributed by atoms with Crippen LogP contribution < -0.4 is 5.73 Å². The quantitative estimate of drug-likeness (QED) is 0.756. The van der Waals surface area contributed by atoms with Crippen LogP contribution in [0.3, 0.4) is 0 Å². The molecule has 0 bridgehead atoms. The van der Waals surface area contributed by atoms with Crippen LogP contribution in [0.1, 0.15) is 31.7 Å². The molecule has 1 aromatic heterocycles. The molecular formula is C10H18N4. The summed E-state index contributed by atoms with van der Waals surface area (Å²) in [6.45, 7) is 5.36. The predicted molar refractivity (Wildman–Crippen MR) is 54.9 cm³/mol. The summed E-state index contributed by atoms with van der Waals surface area (Å²) in [6.07, 6.45) is 3.00. The summed E-state index contributed by atoms with van der Waals surface area (Å²) in [5, 5.41) is 8.38. The first-order valence-electron chi connectivity index (χ1n) is 5.33. The van der Waals surface area contributed by atoms with Gasteiger partial charge in [-0.25, -0.2) is 4.68 Å². The summed E-state index contributed by atoms with van der Waals surface area (Å²) in [7, 11) is 0. The minimum Gasteiger partial charge on any atom is -0.327 e. The number of rotatable bonds is 2. The average molecular weight is 194 g/mol. The maximum Gasteiger partial charge on any atom is 0.0874 e. The summed E-state index contributed by atoms with van der Waals surface area (Å²) >= 11 is 0. The first-order chi connectivity index (χ1) is 6.66. The van der Waals surface area contributed by atoms with E-state index in [0.29, 0.717) is 5.92 Å². The minimum atomic E-state index is 0.284. The Kier molecular flexibility index (Phi) is 2.54. The normalized spacial score (nSPS) is 21.3. The zero-order valence-electron chi connectivity index (χ0n) is 8.90. The molecule has 14 heavy (non-hydrogen) atoms. The monoisotopic (exact) mass is 194 g/mol. The van der Waals surface area contributed by atoms with Crippen molar-refractivity contribution in [3.63, 3.8) is 0 Å². The van der Waals surface area contributed by atoms with Gasteiger partial charge in [0.05, 0.1) is 11.4 Å². The van der Waals surface area contributed by atoms with E-state index in [4.69, 9.17) is 5.73 Å². The molecule has 0 saturated heterocycles. The van der Waals surface area contributed by atoms with Crippen LogP contribution in [0.25, 0.3) is 0 Å². The van der Waals surface area contributed by atoms with E-state index >= 15 is 0 Å². The molecule has 1 unspecified atom stereocenters. The van der Waals surface area contributed by atoms with Crippen molar-refractivity contribution in [1.82, 2.24) is 15.0 Å². The number of hydrogen-bond donors (Lipinski definition) is 1. The molecule has 4 heteroatoms. The fraction of sp³-hybridized carbons (Fsp3) is 0.800. The highest BCUT2D eigenvalue weighted by Crippen LogP contribution is 2.18.